The van der Waals surface area contributed by atoms with Crippen LogP contribution in [0.1, 0.15) is 31.2 Å². The molecule has 0 bridgehead atoms. The molecule has 12 heteroatoms. The van der Waals surface area contributed by atoms with E-state index in [1.54, 1.807) is 15.9 Å². The summed E-state index contributed by atoms with van der Waals surface area (Å²) < 4.78 is 45.3. The number of carbonyl (C=O) groups is 2. The molecular weight excluding hydrogens is 465 g/mol. The number of aromatic nitrogens is 4. The van der Waals surface area contributed by atoms with Gasteiger partial charge in [-0.3, -0.25) is 9.59 Å². The maximum Gasteiger partial charge on any atom is 0.453 e. The van der Waals surface area contributed by atoms with Crippen molar-refractivity contribution in [2.45, 2.75) is 32.5 Å². The molecule has 2 aromatic heterocycles. The number of ether oxygens (including phenoxy) is 1. The van der Waals surface area contributed by atoms with Crippen molar-refractivity contribution >= 4 is 23.3 Å². The molecule has 1 fully saturated rings. The molecule has 0 aliphatic carbocycles. The third kappa shape index (κ3) is 5.69. The summed E-state index contributed by atoms with van der Waals surface area (Å²) >= 11 is 0. The highest BCUT2D eigenvalue weighted by Gasteiger charge is 2.38. The Balaban J connectivity index is 1.30. The van der Waals surface area contributed by atoms with Crippen molar-refractivity contribution in [3.8, 4) is 0 Å². The number of rotatable bonds is 7. The minimum Gasteiger partial charge on any atom is -0.455 e. The molecule has 3 heterocycles. The van der Waals surface area contributed by atoms with Gasteiger partial charge in [0, 0.05) is 26.2 Å². The molecule has 1 aliphatic rings. The van der Waals surface area contributed by atoms with Crippen LogP contribution in [0.2, 0.25) is 0 Å². The zero-order valence-electron chi connectivity index (χ0n) is 19.1. The molecule has 3 aromatic rings. The van der Waals surface area contributed by atoms with Crippen molar-refractivity contribution < 1.29 is 27.5 Å². The minimum atomic E-state index is -4.67. The smallest absolute Gasteiger partial charge is 0.453 e. The van der Waals surface area contributed by atoms with Gasteiger partial charge in [0.2, 0.25) is 0 Å². The van der Waals surface area contributed by atoms with E-state index in [0.29, 0.717) is 49.4 Å². The van der Waals surface area contributed by atoms with Gasteiger partial charge in [-0.05, 0) is 37.5 Å². The van der Waals surface area contributed by atoms with E-state index in [4.69, 9.17) is 4.74 Å². The minimum absolute atomic E-state index is 0.00223. The first-order chi connectivity index (χ1) is 16.8. The number of amides is 1. The lowest BCUT2D eigenvalue weighted by Gasteiger charge is -2.31. The number of anilines is 1. The highest BCUT2D eigenvalue weighted by Crippen LogP contribution is 2.29. The fourth-order valence-electron chi connectivity index (χ4n) is 3.99. The number of nitrogens with zero attached hydrogens (tertiary/aromatic N) is 6. The van der Waals surface area contributed by atoms with Gasteiger partial charge in [-0.15, -0.1) is 15.3 Å². The Morgan fingerprint density at radius 2 is 1.80 bits per heavy atom. The standard InChI is InChI=1S/C23H25F3N6O3/c1-2-30(14-16-6-4-3-5-7-16)20(33)15-35-21(34)17-10-12-31(13-11-17)19-9-8-18-27-28-22(23(24,25)26)32(18)29-19/h3-9,17H,2,10-15H2,1H3. The Morgan fingerprint density at radius 1 is 1.09 bits per heavy atom. The fourth-order valence-corrected chi connectivity index (χ4v) is 3.99. The number of halogens is 3. The Labute approximate surface area is 199 Å². The van der Waals surface area contributed by atoms with Crippen molar-refractivity contribution in [1.29, 1.82) is 0 Å². The van der Waals surface area contributed by atoms with E-state index >= 15 is 0 Å². The maximum absolute atomic E-state index is 13.1. The van der Waals surface area contributed by atoms with Crippen molar-refractivity contribution in [3.63, 3.8) is 0 Å². The molecular formula is C23H25F3N6O3. The number of carbonyl (C=O) groups excluding carboxylic acids is 2. The average molecular weight is 490 g/mol. The Kier molecular flexibility index (Phi) is 7.17. The molecule has 0 spiro atoms. The number of alkyl halides is 3. The van der Waals surface area contributed by atoms with E-state index in [9.17, 15) is 22.8 Å². The van der Waals surface area contributed by atoms with Crippen LogP contribution in [0.3, 0.4) is 0 Å². The number of likely N-dealkylation sites (N-methyl/N-ethyl adjacent to an activating group) is 1. The molecule has 1 aliphatic heterocycles. The van der Waals surface area contributed by atoms with Gasteiger partial charge in [0.15, 0.2) is 12.3 Å². The highest BCUT2D eigenvalue weighted by atomic mass is 19.4. The van der Waals surface area contributed by atoms with Crippen LogP contribution in [0.4, 0.5) is 19.0 Å². The molecule has 1 amide bonds. The number of hydrogen-bond donors (Lipinski definition) is 0. The van der Waals surface area contributed by atoms with Crippen LogP contribution < -0.4 is 4.90 Å². The van der Waals surface area contributed by atoms with E-state index in [0.717, 1.165) is 5.56 Å². The molecule has 186 valence electrons. The Bertz CT molecular complexity index is 1180. The molecule has 0 unspecified atom stereocenters. The maximum atomic E-state index is 13.1. The van der Waals surface area contributed by atoms with Gasteiger partial charge in [-0.25, -0.2) is 0 Å². The number of fused-ring (bicyclic) bond motifs is 1. The lowest BCUT2D eigenvalue weighted by Crippen LogP contribution is -2.39. The highest BCUT2D eigenvalue weighted by molar-refractivity contribution is 5.81. The van der Waals surface area contributed by atoms with Crippen LogP contribution in [0.25, 0.3) is 5.65 Å². The third-order valence-electron chi connectivity index (χ3n) is 5.94. The van der Waals surface area contributed by atoms with E-state index in [2.05, 4.69) is 15.3 Å². The fraction of sp³-hybridized carbons (Fsp3) is 0.435. The average Bonchev–Trinajstić information content (AvgIpc) is 3.30. The predicted octanol–water partition coefficient (Wildman–Crippen LogP) is 2.95. The molecule has 0 N–H and O–H groups in total. The van der Waals surface area contributed by atoms with Gasteiger partial charge in [0.1, 0.15) is 5.82 Å². The number of esters is 1. The largest absolute Gasteiger partial charge is 0.455 e. The molecule has 0 saturated carbocycles. The molecule has 35 heavy (non-hydrogen) atoms. The van der Waals surface area contributed by atoms with Crippen LogP contribution >= 0.6 is 0 Å². The van der Waals surface area contributed by atoms with E-state index < -0.39 is 23.9 Å². The van der Waals surface area contributed by atoms with Crippen LogP contribution in [0, 0.1) is 5.92 Å². The molecule has 1 aromatic carbocycles. The summed E-state index contributed by atoms with van der Waals surface area (Å²) in [6.07, 6.45) is -3.81. The molecule has 1 saturated heterocycles. The molecule has 4 rings (SSSR count). The van der Waals surface area contributed by atoms with Gasteiger partial charge >= 0.3 is 12.1 Å². The van der Waals surface area contributed by atoms with Crippen LogP contribution in [0.5, 0.6) is 0 Å². The van der Waals surface area contributed by atoms with Gasteiger partial charge in [-0.1, -0.05) is 30.3 Å². The van der Waals surface area contributed by atoms with Crippen molar-refractivity contribution in [2.24, 2.45) is 5.92 Å². The number of hydrogen-bond acceptors (Lipinski definition) is 7. The summed E-state index contributed by atoms with van der Waals surface area (Å²) in [6.45, 7) is 3.28. The number of benzene rings is 1. The third-order valence-corrected chi connectivity index (χ3v) is 5.94. The van der Waals surface area contributed by atoms with E-state index in [-0.39, 0.29) is 18.2 Å². The van der Waals surface area contributed by atoms with Crippen molar-refractivity contribution in [1.82, 2.24) is 24.7 Å². The second kappa shape index (κ2) is 10.3. The molecule has 0 radical (unpaired) electrons. The predicted molar refractivity (Wildman–Crippen MR) is 119 cm³/mol. The SMILES string of the molecule is CCN(Cc1ccccc1)C(=O)COC(=O)C1CCN(c2ccc3nnc(C(F)(F)F)n3n2)CC1. The quantitative estimate of drug-likeness (QED) is 0.470. The van der Waals surface area contributed by atoms with Crippen LogP contribution in [-0.4, -0.2) is 62.8 Å². The van der Waals surface area contributed by atoms with Gasteiger partial charge in [-0.2, -0.15) is 17.7 Å². The summed E-state index contributed by atoms with van der Waals surface area (Å²) in [5.74, 6) is -1.97. The number of piperidine rings is 1. The Hall–Kier alpha value is -3.70. The second-order valence-electron chi connectivity index (χ2n) is 8.25. The normalized spacial score (nSPS) is 14.8. The van der Waals surface area contributed by atoms with Gasteiger partial charge in [0.05, 0.1) is 5.92 Å². The van der Waals surface area contributed by atoms with E-state index in [1.807, 2.05) is 37.3 Å². The topological polar surface area (TPSA) is 92.9 Å². The van der Waals surface area contributed by atoms with Crippen molar-refractivity contribution in [2.75, 3.05) is 31.1 Å². The summed E-state index contributed by atoms with van der Waals surface area (Å²) in [5, 5.41) is 10.7. The first kappa shape index (κ1) is 24.4. The molecule has 9 nitrogen and oxygen atoms in total. The lowest BCUT2D eigenvalue weighted by molar-refractivity contribution is -0.156. The zero-order valence-corrected chi connectivity index (χ0v) is 19.1. The van der Waals surface area contributed by atoms with E-state index in [1.165, 1.54) is 6.07 Å². The van der Waals surface area contributed by atoms with Gasteiger partial charge in [0.25, 0.3) is 11.7 Å². The van der Waals surface area contributed by atoms with Crippen LogP contribution in [-0.2, 0) is 27.0 Å². The summed E-state index contributed by atoms with van der Waals surface area (Å²) in [5.41, 5.74) is 0.986. The zero-order chi connectivity index (χ0) is 25.0. The van der Waals surface area contributed by atoms with Gasteiger partial charge < -0.3 is 14.5 Å². The lowest BCUT2D eigenvalue weighted by atomic mass is 9.97. The van der Waals surface area contributed by atoms with Crippen LogP contribution in [0.15, 0.2) is 42.5 Å². The first-order valence-electron chi connectivity index (χ1n) is 11.3. The summed E-state index contributed by atoms with van der Waals surface area (Å²) in [4.78, 5) is 28.5. The first-order valence-corrected chi connectivity index (χ1v) is 11.3. The summed E-state index contributed by atoms with van der Waals surface area (Å²) in [6, 6.07) is 12.5. The summed E-state index contributed by atoms with van der Waals surface area (Å²) in [7, 11) is 0. The van der Waals surface area contributed by atoms with Crippen molar-refractivity contribution in [3.05, 3.63) is 53.9 Å². The Morgan fingerprint density at radius 3 is 2.46 bits per heavy atom. The second-order valence-corrected chi connectivity index (χ2v) is 8.25. The molecule has 0 atom stereocenters. The monoisotopic (exact) mass is 490 g/mol.